The van der Waals surface area contributed by atoms with Crippen molar-refractivity contribution in [2.45, 2.75) is 108 Å². The predicted octanol–water partition coefficient (Wildman–Crippen LogP) is 6.81. The molecule has 0 spiro atoms. The van der Waals surface area contributed by atoms with Gasteiger partial charge in [-0.05, 0) is 113 Å². The maximum Gasteiger partial charge on any atom is 0.284 e. The molecule has 2 aliphatic heterocycles. The highest BCUT2D eigenvalue weighted by molar-refractivity contribution is 6.03. The monoisotopic (exact) mass is 854 g/mol. The quantitative estimate of drug-likeness (QED) is 0.0753. The largest absolute Gasteiger partial charge is 0.444 e. The zero-order valence-corrected chi connectivity index (χ0v) is 35.4. The Morgan fingerprint density at radius 3 is 2.66 bits per heavy atom. The number of para-hydroxylation sites is 1. The zero-order valence-electron chi connectivity index (χ0n) is 35.4. The minimum Gasteiger partial charge on any atom is -0.444 e. The van der Waals surface area contributed by atoms with Gasteiger partial charge in [0, 0.05) is 57.2 Å². The number of rotatable bonds is 17. The molecule has 0 bridgehead atoms. The summed E-state index contributed by atoms with van der Waals surface area (Å²) in [7, 11) is 4.24. The molecule has 17 heteroatoms. The molecule has 4 fully saturated rings. The van der Waals surface area contributed by atoms with Gasteiger partial charge in [0.25, 0.3) is 12.3 Å². The van der Waals surface area contributed by atoms with E-state index in [4.69, 9.17) is 9.15 Å². The van der Waals surface area contributed by atoms with Crippen molar-refractivity contribution in [3.63, 3.8) is 0 Å². The summed E-state index contributed by atoms with van der Waals surface area (Å²) >= 11 is 0. The van der Waals surface area contributed by atoms with Crippen molar-refractivity contribution in [2.75, 3.05) is 60.9 Å². The van der Waals surface area contributed by atoms with Crippen LogP contribution in [0.3, 0.4) is 0 Å². The number of aryl methyl sites for hydroxylation is 1. The summed E-state index contributed by atoms with van der Waals surface area (Å²) in [5.41, 5.74) is 3.58. The third-order valence-corrected chi connectivity index (χ3v) is 13.3. The molecule has 4 aromatic rings. The summed E-state index contributed by atoms with van der Waals surface area (Å²) in [4.78, 5) is 52.9. The first-order valence-corrected chi connectivity index (χ1v) is 22.2. The fourth-order valence-electron chi connectivity index (χ4n) is 9.55. The van der Waals surface area contributed by atoms with Crippen LogP contribution in [0.15, 0.2) is 53.4 Å². The highest BCUT2D eigenvalue weighted by atomic mass is 19.3. The summed E-state index contributed by atoms with van der Waals surface area (Å²) < 4.78 is 41.9. The van der Waals surface area contributed by atoms with Gasteiger partial charge in [-0.25, -0.2) is 18.7 Å². The highest BCUT2D eigenvalue weighted by Crippen LogP contribution is 2.41. The molecule has 0 radical (unpaired) electrons. The Labute approximate surface area is 359 Å². The molecular formula is C45H56F2N10O5. The molecule has 1 unspecified atom stereocenters. The topological polar surface area (TPSA) is 163 Å². The third kappa shape index (κ3) is 9.33. The van der Waals surface area contributed by atoms with Crippen LogP contribution >= 0.6 is 0 Å². The Hall–Kier alpha value is -5.42. The SMILES string of the molecule is CN1CN(C2CCC(=O)NC2=O)c2cccc(CCCOC3CC(N(C)CC4CCC(n5cc(NC(=O)c6coc(-c7ccnc(NCC8CC8)c7)n6)c(C(F)F)n5)CC4)C3)c21. The number of imide groups is 1. The van der Waals surface area contributed by atoms with Crippen LogP contribution in [0.1, 0.15) is 105 Å². The van der Waals surface area contributed by atoms with E-state index in [-0.39, 0.29) is 47.3 Å². The normalized spacial score (nSPS) is 23.7. The number of hydrogen-bond acceptors (Lipinski definition) is 12. The predicted molar refractivity (Wildman–Crippen MR) is 229 cm³/mol. The number of carbonyl (C=O) groups is 3. The van der Waals surface area contributed by atoms with Gasteiger partial charge >= 0.3 is 0 Å². The third-order valence-electron chi connectivity index (χ3n) is 13.3. The van der Waals surface area contributed by atoms with E-state index in [9.17, 15) is 23.2 Å². The number of ether oxygens (including phenoxy) is 1. The number of oxazole rings is 1. The van der Waals surface area contributed by atoms with Gasteiger partial charge in [-0.3, -0.25) is 24.4 Å². The van der Waals surface area contributed by atoms with Crippen molar-refractivity contribution in [1.82, 2.24) is 30.0 Å². The highest BCUT2D eigenvalue weighted by Gasteiger charge is 2.38. The number of halogens is 2. The molecule has 1 aromatic carbocycles. The summed E-state index contributed by atoms with van der Waals surface area (Å²) in [6.45, 7) is 3.13. The van der Waals surface area contributed by atoms with E-state index in [1.165, 1.54) is 30.9 Å². The molecule has 9 rings (SSSR count). The van der Waals surface area contributed by atoms with Crippen LogP contribution in [0.4, 0.5) is 31.7 Å². The molecule has 3 saturated carbocycles. The first-order chi connectivity index (χ1) is 30.1. The number of aromatic nitrogens is 4. The second kappa shape index (κ2) is 18.1. The van der Waals surface area contributed by atoms with E-state index in [2.05, 4.69) is 78.0 Å². The zero-order chi connectivity index (χ0) is 42.9. The fraction of sp³-hybridized carbons (Fsp3) is 0.556. The molecule has 3 aliphatic carbocycles. The molecule has 330 valence electrons. The number of nitrogens with one attached hydrogen (secondary N) is 3. The van der Waals surface area contributed by atoms with Gasteiger partial charge in [-0.1, -0.05) is 12.1 Å². The van der Waals surface area contributed by atoms with Gasteiger partial charge < -0.3 is 34.5 Å². The van der Waals surface area contributed by atoms with E-state index in [1.807, 2.05) is 6.07 Å². The molecule has 3 amide bonds. The Kier molecular flexibility index (Phi) is 12.3. The van der Waals surface area contributed by atoms with Gasteiger partial charge in [0.15, 0.2) is 11.4 Å². The lowest BCUT2D eigenvalue weighted by atomic mass is 9.83. The molecule has 3 aromatic heterocycles. The van der Waals surface area contributed by atoms with Crippen LogP contribution in [0.25, 0.3) is 11.5 Å². The van der Waals surface area contributed by atoms with Gasteiger partial charge in [0.05, 0.1) is 35.9 Å². The van der Waals surface area contributed by atoms with Crippen LogP contribution in [0.5, 0.6) is 0 Å². The number of alkyl halides is 2. The maximum absolute atomic E-state index is 14.2. The minimum atomic E-state index is -2.86. The van der Waals surface area contributed by atoms with E-state index < -0.39 is 18.0 Å². The number of amides is 3. The summed E-state index contributed by atoms with van der Waals surface area (Å²) in [6.07, 6.45) is 12.5. The number of nitrogens with zero attached hydrogens (tertiary/aromatic N) is 7. The summed E-state index contributed by atoms with van der Waals surface area (Å²) in [5.74, 6) is 1.04. The Morgan fingerprint density at radius 2 is 1.89 bits per heavy atom. The summed E-state index contributed by atoms with van der Waals surface area (Å²) in [5, 5.41) is 12.7. The standard InChI is InChI=1S/C45H56F2N10O5/c1-54(32-20-33(21-32)61-18-4-6-29-5-3-7-36-41(29)55(2)26-56(36)37-14-15-39(58)52-44(37)60)23-28-10-12-31(13-11-28)57-24-34(40(53-57)42(46)47)50-43(59)35-25-62-45(51-35)30-16-17-48-38(19-30)49-22-27-8-9-27/h3,5,7,16-17,19,24-25,27-28,31-33,37,42H,4,6,8-15,18,20-23,26H2,1-2H3,(H,48,49)(H,50,59)(H,52,58,60). The number of pyridine rings is 1. The average Bonchev–Trinajstić information content (AvgIpc) is 3.59. The van der Waals surface area contributed by atoms with Gasteiger partial charge in [-0.2, -0.15) is 5.10 Å². The van der Waals surface area contributed by atoms with Crippen LogP contribution in [0.2, 0.25) is 0 Å². The lowest BCUT2D eigenvalue weighted by Gasteiger charge is -2.43. The first-order valence-electron chi connectivity index (χ1n) is 22.2. The number of benzene rings is 1. The second-order valence-electron chi connectivity index (χ2n) is 17.9. The Balaban J connectivity index is 0.700. The van der Waals surface area contributed by atoms with Crippen molar-refractivity contribution in [3.05, 3.63) is 65.9 Å². The lowest BCUT2D eigenvalue weighted by Crippen LogP contribution is -2.53. The lowest BCUT2D eigenvalue weighted by molar-refractivity contribution is -0.134. The first kappa shape index (κ1) is 41.9. The molecular weight excluding hydrogens is 799 g/mol. The molecule has 3 N–H and O–H groups in total. The van der Waals surface area contributed by atoms with Crippen molar-refractivity contribution >= 4 is 40.6 Å². The molecule has 1 atom stereocenters. The smallest absolute Gasteiger partial charge is 0.284 e. The van der Waals surface area contributed by atoms with Crippen LogP contribution in [-0.4, -0.2) is 101 Å². The minimum absolute atomic E-state index is 0.0203. The van der Waals surface area contributed by atoms with Gasteiger partial charge in [0.2, 0.25) is 17.7 Å². The van der Waals surface area contributed by atoms with Crippen LogP contribution < -0.4 is 25.8 Å². The van der Waals surface area contributed by atoms with E-state index in [0.29, 0.717) is 55.4 Å². The number of hydrogen-bond donors (Lipinski definition) is 3. The van der Waals surface area contributed by atoms with Crippen molar-refractivity contribution in [2.24, 2.45) is 11.8 Å². The van der Waals surface area contributed by atoms with Crippen LogP contribution in [0, 0.1) is 11.8 Å². The van der Waals surface area contributed by atoms with E-state index >= 15 is 0 Å². The van der Waals surface area contributed by atoms with Crippen molar-refractivity contribution < 1.29 is 32.3 Å². The number of piperidine rings is 1. The van der Waals surface area contributed by atoms with E-state index in [0.717, 1.165) is 75.8 Å². The number of fused-ring (bicyclic) bond motifs is 1. The average molecular weight is 855 g/mol. The van der Waals surface area contributed by atoms with Gasteiger partial charge in [0.1, 0.15) is 18.1 Å². The van der Waals surface area contributed by atoms with Crippen molar-refractivity contribution in [1.29, 1.82) is 0 Å². The summed E-state index contributed by atoms with van der Waals surface area (Å²) in [6, 6.07) is 9.92. The number of anilines is 4. The number of carbonyl (C=O) groups excluding carboxylic acids is 3. The molecule has 5 heterocycles. The molecule has 15 nitrogen and oxygen atoms in total. The Morgan fingerprint density at radius 1 is 1.08 bits per heavy atom. The second-order valence-corrected chi connectivity index (χ2v) is 17.9. The molecule has 62 heavy (non-hydrogen) atoms. The van der Waals surface area contributed by atoms with Crippen molar-refractivity contribution in [3.8, 4) is 11.5 Å². The Bertz CT molecular complexity index is 2250. The van der Waals surface area contributed by atoms with Gasteiger partial charge in [-0.15, -0.1) is 0 Å². The molecule has 5 aliphatic rings. The van der Waals surface area contributed by atoms with E-state index in [1.54, 1.807) is 16.9 Å². The fourth-order valence-corrected chi connectivity index (χ4v) is 9.55. The van der Waals surface area contributed by atoms with Crippen LogP contribution in [-0.2, 0) is 20.7 Å². The molecule has 1 saturated heterocycles. The maximum atomic E-state index is 14.2.